The number of alkyl halides is 5. The Kier molecular flexibility index (Phi) is 8.07. The van der Waals surface area contributed by atoms with Crippen molar-refractivity contribution in [2.24, 2.45) is 0 Å². The number of benzene rings is 1. The number of piperidine rings is 1. The van der Waals surface area contributed by atoms with Crippen LogP contribution in [0.15, 0.2) is 24.3 Å². The van der Waals surface area contributed by atoms with E-state index in [9.17, 15) is 26.7 Å². The third-order valence-corrected chi connectivity index (χ3v) is 4.72. The molecule has 3 nitrogen and oxygen atoms in total. The molecule has 158 valence electrons. The first-order valence-corrected chi connectivity index (χ1v) is 9.63. The van der Waals surface area contributed by atoms with Gasteiger partial charge in [-0.1, -0.05) is 12.1 Å². The number of hydrogen-bond donors (Lipinski definition) is 0. The van der Waals surface area contributed by atoms with E-state index in [1.54, 1.807) is 4.90 Å². The first-order valence-electron chi connectivity index (χ1n) is 9.63. The fraction of sp³-hybridized carbons (Fsp3) is 0.650. The molecule has 1 heterocycles. The molecule has 0 aliphatic carbocycles. The van der Waals surface area contributed by atoms with Crippen molar-refractivity contribution in [1.29, 1.82) is 0 Å². The molecule has 1 aliphatic heterocycles. The van der Waals surface area contributed by atoms with E-state index in [0.717, 1.165) is 25.3 Å². The first-order chi connectivity index (χ1) is 13.2. The second kappa shape index (κ2) is 10.1. The molecule has 0 spiro atoms. The van der Waals surface area contributed by atoms with E-state index in [1.165, 1.54) is 18.2 Å². The van der Waals surface area contributed by atoms with Crippen LogP contribution in [0.4, 0.5) is 22.0 Å². The van der Waals surface area contributed by atoms with Gasteiger partial charge in [0.15, 0.2) is 0 Å². The minimum atomic E-state index is -4.26. The van der Waals surface area contributed by atoms with Crippen LogP contribution in [0, 0.1) is 0 Å². The maximum absolute atomic E-state index is 14.4. The van der Waals surface area contributed by atoms with Crippen LogP contribution in [-0.4, -0.2) is 36.7 Å². The molecule has 0 bridgehead atoms. The van der Waals surface area contributed by atoms with Gasteiger partial charge in [0.05, 0.1) is 6.61 Å². The largest absolute Gasteiger partial charge is 0.494 e. The van der Waals surface area contributed by atoms with Crippen LogP contribution in [0.2, 0.25) is 0 Å². The molecule has 0 radical (unpaired) electrons. The zero-order valence-electron chi connectivity index (χ0n) is 15.7. The van der Waals surface area contributed by atoms with E-state index < -0.39 is 24.9 Å². The van der Waals surface area contributed by atoms with Gasteiger partial charge in [-0.05, 0) is 44.2 Å². The smallest absolute Gasteiger partial charge is 0.389 e. The Hall–Kier alpha value is -1.86. The normalized spacial score (nSPS) is 15.5. The highest BCUT2D eigenvalue weighted by molar-refractivity contribution is 5.76. The Labute approximate surface area is 161 Å². The van der Waals surface area contributed by atoms with Crippen molar-refractivity contribution >= 4 is 5.91 Å². The zero-order valence-corrected chi connectivity index (χ0v) is 15.7. The quantitative estimate of drug-likeness (QED) is 0.389. The number of ether oxygens (including phenoxy) is 1. The van der Waals surface area contributed by atoms with Crippen molar-refractivity contribution in [3.8, 4) is 5.75 Å². The lowest BCUT2D eigenvalue weighted by atomic mass is 10.0. The lowest BCUT2D eigenvalue weighted by Gasteiger charge is -2.27. The molecule has 0 aromatic heterocycles. The number of amides is 1. The lowest BCUT2D eigenvalue weighted by Crippen LogP contribution is -2.35. The van der Waals surface area contributed by atoms with Gasteiger partial charge in [0.1, 0.15) is 5.75 Å². The third kappa shape index (κ3) is 7.64. The summed E-state index contributed by atoms with van der Waals surface area (Å²) in [6.07, 6.45) is -2.78. The Morgan fingerprint density at radius 2 is 1.71 bits per heavy atom. The van der Waals surface area contributed by atoms with Crippen molar-refractivity contribution in [1.82, 2.24) is 4.90 Å². The average molecular weight is 407 g/mol. The number of likely N-dealkylation sites (tertiary alicyclic amines) is 1. The molecule has 1 aromatic rings. The van der Waals surface area contributed by atoms with Gasteiger partial charge in [0.25, 0.3) is 5.92 Å². The van der Waals surface area contributed by atoms with Crippen LogP contribution < -0.4 is 4.74 Å². The number of hydrogen-bond acceptors (Lipinski definition) is 2. The fourth-order valence-electron chi connectivity index (χ4n) is 3.18. The van der Waals surface area contributed by atoms with E-state index >= 15 is 0 Å². The van der Waals surface area contributed by atoms with Crippen LogP contribution in [0.5, 0.6) is 5.75 Å². The predicted octanol–water partition coefficient (Wildman–Crippen LogP) is 5.68. The SMILES string of the molecule is O=C(CCCC(F)(F)c1cccc(OCCCC(F)(F)F)c1)N1CCCCC1. The molecule has 0 unspecified atom stereocenters. The van der Waals surface area contributed by atoms with Crippen molar-refractivity contribution in [2.45, 2.75) is 63.5 Å². The minimum absolute atomic E-state index is 0.0685. The zero-order chi connectivity index (χ0) is 20.6. The van der Waals surface area contributed by atoms with Gasteiger partial charge in [-0.3, -0.25) is 4.79 Å². The number of carbonyl (C=O) groups is 1. The molecule has 28 heavy (non-hydrogen) atoms. The van der Waals surface area contributed by atoms with Gasteiger partial charge in [-0.2, -0.15) is 13.2 Å². The lowest BCUT2D eigenvalue weighted by molar-refractivity contribution is -0.136. The molecule has 8 heteroatoms. The molecule has 0 N–H and O–H groups in total. The number of nitrogens with zero attached hydrogens (tertiary/aromatic N) is 1. The molecule has 0 saturated carbocycles. The van der Waals surface area contributed by atoms with Crippen molar-refractivity contribution in [3.05, 3.63) is 29.8 Å². The molecule has 0 atom stereocenters. The standard InChI is InChI=1S/C20H26F5NO2/c21-19(22,10-5-9-18(27)26-12-2-1-3-13-26)16-7-4-8-17(15-16)28-14-6-11-20(23,24)25/h4,7-8,15H,1-3,5-6,9-14H2. The van der Waals surface area contributed by atoms with Crippen molar-refractivity contribution < 1.29 is 31.5 Å². The third-order valence-electron chi connectivity index (χ3n) is 4.72. The Balaban J connectivity index is 1.80. The molecule has 1 amide bonds. The van der Waals surface area contributed by atoms with Crippen LogP contribution in [0.3, 0.4) is 0 Å². The highest BCUT2D eigenvalue weighted by Crippen LogP contribution is 2.35. The van der Waals surface area contributed by atoms with Gasteiger partial charge in [0.2, 0.25) is 5.91 Å². The summed E-state index contributed by atoms with van der Waals surface area (Å²) >= 11 is 0. The summed E-state index contributed by atoms with van der Waals surface area (Å²) in [5, 5.41) is 0. The highest BCUT2D eigenvalue weighted by Gasteiger charge is 2.32. The van der Waals surface area contributed by atoms with Crippen LogP contribution in [0.1, 0.15) is 56.9 Å². The van der Waals surface area contributed by atoms with E-state index in [-0.39, 0.29) is 43.1 Å². The summed E-state index contributed by atoms with van der Waals surface area (Å²) in [6, 6.07) is 5.24. The van der Waals surface area contributed by atoms with Gasteiger partial charge in [-0.15, -0.1) is 0 Å². The summed E-state index contributed by atoms with van der Waals surface area (Å²) in [5.41, 5.74) is -0.258. The number of rotatable bonds is 9. The molecule has 1 aliphatic rings. The molecular weight excluding hydrogens is 381 g/mol. The van der Waals surface area contributed by atoms with E-state index in [4.69, 9.17) is 4.74 Å². The van der Waals surface area contributed by atoms with Crippen molar-refractivity contribution in [2.75, 3.05) is 19.7 Å². The summed E-state index contributed by atoms with van der Waals surface area (Å²) < 4.78 is 70.4. The maximum atomic E-state index is 14.4. The first kappa shape index (κ1) is 22.4. The Bertz CT molecular complexity index is 627. The van der Waals surface area contributed by atoms with Gasteiger partial charge in [0, 0.05) is 37.9 Å². The van der Waals surface area contributed by atoms with E-state index in [2.05, 4.69) is 0 Å². The summed E-state index contributed by atoms with van der Waals surface area (Å²) in [5.74, 6) is -3.10. The highest BCUT2D eigenvalue weighted by atomic mass is 19.4. The topological polar surface area (TPSA) is 29.5 Å². The molecule has 2 rings (SSSR count). The number of carbonyl (C=O) groups excluding carboxylic acids is 1. The van der Waals surface area contributed by atoms with Crippen LogP contribution in [0.25, 0.3) is 0 Å². The molecule has 1 fully saturated rings. The molecular formula is C20H26F5NO2. The fourth-order valence-corrected chi connectivity index (χ4v) is 3.18. The number of halogens is 5. The van der Waals surface area contributed by atoms with E-state index in [0.29, 0.717) is 13.1 Å². The second-order valence-electron chi connectivity index (χ2n) is 7.09. The van der Waals surface area contributed by atoms with Gasteiger partial charge >= 0.3 is 6.18 Å². The predicted molar refractivity (Wildman–Crippen MR) is 95.4 cm³/mol. The summed E-state index contributed by atoms with van der Waals surface area (Å²) in [7, 11) is 0. The molecule has 1 aromatic carbocycles. The van der Waals surface area contributed by atoms with Crippen LogP contribution in [-0.2, 0) is 10.7 Å². The minimum Gasteiger partial charge on any atom is -0.494 e. The van der Waals surface area contributed by atoms with Crippen LogP contribution >= 0.6 is 0 Å². The maximum Gasteiger partial charge on any atom is 0.389 e. The Morgan fingerprint density at radius 3 is 2.39 bits per heavy atom. The van der Waals surface area contributed by atoms with Gasteiger partial charge in [-0.25, -0.2) is 8.78 Å². The average Bonchev–Trinajstić information content (AvgIpc) is 2.65. The van der Waals surface area contributed by atoms with E-state index in [1.807, 2.05) is 0 Å². The Morgan fingerprint density at radius 1 is 1.00 bits per heavy atom. The van der Waals surface area contributed by atoms with Crippen molar-refractivity contribution in [3.63, 3.8) is 0 Å². The summed E-state index contributed by atoms with van der Waals surface area (Å²) in [4.78, 5) is 13.8. The monoisotopic (exact) mass is 407 g/mol. The van der Waals surface area contributed by atoms with Gasteiger partial charge < -0.3 is 9.64 Å². The summed E-state index contributed by atoms with van der Waals surface area (Å²) in [6.45, 7) is 1.20. The molecule has 1 saturated heterocycles. The second-order valence-corrected chi connectivity index (χ2v) is 7.09.